The summed E-state index contributed by atoms with van der Waals surface area (Å²) in [5, 5.41) is 1.03. The molecule has 0 spiro atoms. The Morgan fingerprint density at radius 3 is 2.70 bits per heavy atom. The second kappa shape index (κ2) is 6.02. The molecule has 0 saturated heterocycles. The van der Waals surface area contributed by atoms with E-state index in [1.165, 1.54) is 36.6 Å². The summed E-state index contributed by atoms with van der Waals surface area (Å²) in [6.45, 7) is 0.592. The number of aromatic nitrogens is 1. The highest BCUT2D eigenvalue weighted by molar-refractivity contribution is 7.12. The molecule has 1 aromatic heterocycles. The molecule has 0 unspecified atom stereocenters. The maximum absolute atomic E-state index is 14.1. The second-order valence-corrected chi connectivity index (χ2v) is 6.44. The molecule has 0 bridgehead atoms. The van der Waals surface area contributed by atoms with Crippen LogP contribution in [0.2, 0.25) is 0 Å². The smallest absolute Gasteiger partial charge is 0.132 e. The van der Waals surface area contributed by atoms with Crippen LogP contribution in [0.25, 0.3) is 11.3 Å². The lowest BCUT2D eigenvalue weighted by Crippen LogP contribution is -2.02. The zero-order valence-corrected chi connectivity index (χ0v) is 12.3. The van der Waals surface area contributed by atoms with Crippen LogP contribution < -0.4 is 5.73 Å². The Balaban J connectivity index is 2.05. The highest BCUT2D eigenvalue weighted by Crippen LogP contribution is 2.42. The minimum atomic E-state index is -0.184. The van der Waals surface area contributed by atoms with E-state index in [9.17, 15) is 4.39 Å². The fraction of sp³-hybridized carbons (Fsp3) is 0.438. The molecule has 1 aliphatic carbocycles. The van der Waals surface area contributed by atoms with Gasteiger partial charge in [-0.15, -0.1) is 11.3 Å². The lowest BCUT2D eigenvalue weighted by atomic mass is 10.0. The average molecular weight is 290 g/mol. The highest BCUT2D eigenvalue weighted by Gasteiger charge is 2.25. The average Bonchev–Trinajstić information content (AvgIpc) is 3.08. The first-order valence-electron chi connectivity index (χ1n) is 7.24. The Hall–Kier alpha value is -1.26. The molecule has 1 aliphatic rings. The summed E-state index contributed by atoms with van der Waals surface area (Å²) in [7, 11) is 0. The van der Waals surface area contributed by atoms with Crippen molar-refractivity contribution in [2.75, 3.05) is 6.54 Å². The molecule has 106 valence electrons. The van der Waals surface area contributed by atoms with Crippen LogP contribution in [0.15, 0.2) is 24.3 Å². The predicted molar refractivity (Wildman–Crippen MR) is 81.5 cm³/mol. The molecule has 2 aromatic rings. The third-order valence-corrected chi connectivity index (χ3v) is 5.19. The first-order chi connectivity index (χ1) is 9.79. The van der Waals surface area contributed by atoms with Gasteiger partial charge in [0.05, 0.1) is 10.7 Å². The molecule has 0 radical (unpaired) electrons. The number of nitrogens with two attached hydrogens (primary N) is 1. The van der Waals surface area contributed by atoms with E-state index in [1.54, 1.807) is 17.4 Å². The summed E-state index contributed by atoms with van der Waals surface area (Å²) in [5.74, 6) is 0.366. The van der Waals surface area contributed by atoms with Gasteiger partial charge < -0.3 is 5.73 Å². The Bertz CT molecular complexity index is 588. The second-order valence-electron chi connectivity index (χ2n) is 5.32. The van der Waals surface area contributed by atoms with Crippen LogP contribution in [-0.2, 0) is 6.42 Å². The molecule has 3 rings (SSSR count). The first kappa shape index (κ1) is 13.7. The van der Waals surface area contributed by atoms with Gasteiger partial charge in [-0.25, -0.2) is 9.37 Å². The summed E-state index contributed by atoms with van der Waals surface area (Å²) in [6.07, 6.45) is 5.72. The van der Waals surface area contributed by atoms with Crippen molar-refractivity contribution in [3.8, 4) is 11.3 Å². The van der Waals surface area contributed by atoms with Gasteiger partial charge in [-0.2, -0.15) is 0 Å². The number of benzene rings is 1. The highest BCUT2D eigenvalue weighted by atomic mass is 32.1. The van der Waals surface area contributed by atoms with Crippen molar-refractivity contribution >= 4 is 11.3 Å². The molecular formula is C16H19FN2S. The van der Waals surface area contributed by atoms with Crippen molar-refractivity contribution in [3.05, 3.63) is 40.0 Å². The number of hydrogen-bond donors (Lipinski definition) is 1. The van der Waals surface area contributed by atoms with Crippen molar-refractivity contribution in [1.29, 1.82) is 0 Å². The van der Waals surface area contributed by atoms with E-state index >= 15 is 0 Å². The molecule has 1 fully saturated rings. The monoisotopic (exact) mass is 290 g/mol. The van der Waals surface area contributed by atoms with Gasteiger partial charge >= 0.3 is 0 Å². The molecule has 2 N–H and O–H groups in total. The third kappa shape index (κ3) is 2.63. The lowest BCUT2D eigenvalue weighted by molar-refractivity contribution is 0.630. The molecule has 0 atom stereocenters. The molecule has 1 aromatic carbocycles. The van der Waals surface area contributed by atoms with Crippen LogP contribution in [-0.4, -0.2) is 11.5 Å². The van der Waals surface area contributed by atoms with Gasteiger partial charge in [0, 0.05) is 16.9 Å². The molecule has 20 heavy (non-hydrogen) atoms. The van der Waals surface area contributed by atoms with Crippen LogP contribution in [0.5, 0.6) is 0 Å². The molecule has 2 nitrogen and oxygen atoms in total. The first-order valence-corrected chi connectivity index (χ1v) is 8.06. The van der Waals surface area contributed by atoms with Crippen LogP contribution in [0.3, 0.4) is 0 Å². The summed E-state index contributed by atoms with van der Waals surface area (Å²) in [4.78, 5) is 5.93. The number of thiazole rings is 1. The molecule has 1 saturated carbocycles. The molecule has 1 heterocycles. The molecule has 0 amide bonds. The Morgan fingerprint density at radius 1 is 1.25 bits per heavy atom. The van der Waals surface area contributed by atoms with Gasteiger partial charge in [0.1, 0.15) is 5.82 Å². The topological polar surface area (TPSA) is 38.9 Å². The molecule has 4 heteroatoms. The van der Waals surface area contributed by atoms with E-state index < -0.39 is 0 Å². The van der Waals surface area contributed by atoms with Crippen LogP contribution >= 0.6 is 11.3 Å². The van der Waals surface area contributed by atoms with Gasteiger partial charge in [0.25, 0.3) is 0 Å². The number of halogens is 1. The summed E-state index contributed by atoms with van der Waals surface area (Å²) in [5.41, 5.74) is 7.12. The Morgan fingerprint density at radius 2 is 2.00 bits per heavy atom. The van der Waals surface area contributed by atoms with Crippen molar-refractivity contribution in [3.63, 3.8) is 0 Å². The molecular weight excluding hydrogens is 271 g/mol. The van der Waals surface area contributed by atoms with E-state index in [4.69, 9.17) is 5.73 Å². The van der Waals surface area contributed by atoms with Crippen molar-refractivity contribution < 1.29 is 4.39 Å². The zero-order chi connectivity index (χ0) is 13.9. The van der Waals surface area contributed by atoms with Gasteiger partial charge in [0.15, 0.2) is 0 Å². The summed E-state index contributed by atoms with van der Waals surface area (Å²) >= 11 is 1.73. The SMILES string of the molecule is NCCc1nc(-c2ccccc2F)c(C2CCCC2)s1. The van der Waals surface area contributed by atoms with Crippen molar-refractivity contribution in [2.24, 2.45) is 5.73 Å². The maximum Gasteiger partial charge on any atom is 0.132 e. The van der Waals surface area contributed by atoms with E-state index in [0.29, 0.717) is 18.0 Å². The normalized spacial score (nSPS) is 15.9. The third-order valence-electron chi connectivity index (χ3n) is 3.91. The van der Waals surface area contributed by atoms with Crippen LogP contribution in [0.4, 0.5) is 4.39 Å². The van der Waals surface area contributed by atoms with E-state index in [0.717, 1.165) is 17.1 Å². The number of rotatable bonds is 4. The van der Waals surface area contributed by atoms with Gasteiger partial charge in [-0.05, 0) is 37.4 Å². The minimum Gasteiger partial charge on any atom is -0.330 e. The number of hydrogen-bond acceptors (Lipinski definition) is 3. The van der Waals surface area contributed by atoms with E-state index in [2.05, 4.69) is 4.98 Å². The van der Waals surface area contributed by atoms with Crippen molar-refractivity contribution in [2.45, 2.75) is 38.0 Å². The van der Waals surface area contributed by atoms with Gasteiger partial charge in [-0.3, -0.25) is 0 Å². The standard InChI is InChI=1S/C16H19FN2S/c17-13-8-4-3-7-12(13)15-16(11-5-1-2-6-11)20-14(19-15)9-10-18/h3-4,7-8,11H,1-2,5-6,9-10,18H2. The van der Waals surface area contributed by atoms with Gasteiger partial charge in [-0.1, -0.05) is 25.0 Å². The van der Waals surface area contributed by atoms with Crippen molar-refractivity contribution in [1.82, 2.24) is 4.98 Å². The Labute approximate surface area is 122 Å². The minimum absolute atomic E-state index is 0.184. The van der Waals surface area contributed by atoms with Crippen LogP contribution in [0, 0.1) is 5.82 Å². The maximum atomic E-state index is 14.1. The zero-order valence-electron chi connectivity index (χ0n) is 11.4. The largest absolute Gasteiger partial charge is 0.330 e. The predicted octanol–water partition coefficient (Wildman–Crippen LogP) is 4.11. The van der Waals surface area contributed by atoms with Gasteiger partial charge in [0.2, 0.25) is 0 Å². The number of nitrogens with zero attached hydrogens (tertiary/aromatic N) is 1. The quantitative estimate of drug-likeness (QED) is 0.920. The summed E-state index contributed by atoms with van der Waals surface area (Å²) < 4.78 is 14.1. The fourth-order valence-corrected chi connectivity index (χ4v) is 4.18. The summed E-state index contributed by atoms with van der Waals surface area (Å²) in [6, 6.07) is 6.94. The molecule has 0 aliphatic heterocycles. The van der Waals surface area contributed by atoms with Crippen LogP contribution in [0.1, 0.15) is 41.5 Å². The fourth-order valence-electron chi connectivity index (χ4n) is 2.92. The lowest BCUT2D eigenvalue weighted by Gasteiger charge is -2.09. The Kier molecular flexibility index (Phi) is 4.13. The van der Waals surface area contributed by atoms with E-state index in [-0.39, 0.29) is 5.82 Å². The van der Waals surface area contributed by atoms with E-state index in [1.807, 2.05) is 12.1 Å².